The van der Waals surface area contributed by atoms with Crippen molar-refractivity contribution in [2.24, 2.45) is 0 Å². The molecule has 0 N–H and O–H groups in total. The number of oxazole rings is 1. The van der Waals surface area contributed by atoms with Crippen LogP contribution in [0.25, 0.3) is 83.1 Å². The fraction of sp³-hybridized carbons (Fsp3) is 0. The molecule has 9 rings (SSSR count). The van der Waals surface area contributed by atoms with Crippen LogP contribution in [0.1, 0.15) is 0 Å². The number of benzene rings is 7. The second-order valence-corrected chi connectivity index (χ2v) is 11.2. The zero-order valence-corrected chi connectivity index (χ0v) is 23.8. The smallest absolute Gasteiger partial charge is 0.227 e. The maximum absolute atomic E-state index is 6.26. The van der Waals surface area contributed by atoms with Gasteiger partial charge in [-0.3, -0.25) is 0 Å². The molecule has 0 spiro atoms. The van der Waals surface area contributed by atoms with E-state index in [9.17, 15) is 0 Å². The summed E-state index contributed by atoms with van der Waals surface area (Å²) >= 11 is 0. The third kappa shape index (κ3) is 3.94. The monoisotopic (exact) mass is 562 g/mol. The summed E-state index contributed by atoms with van der Waals surface area (Å²) in [6, 6.07) is 55.6. The lowest BCUT2D eigenvalue weighted by Crippen LogP contribution is -1.93. The number of hydrogen-bond donors (Lipinski definition) is 0. The molecule has 0 saturated heterocycles. The maximum Gasteiger partial charge on any atom is 0.227 e. The third-order valence-electron chi connectivity index (χ3n) is 8.65. The molecule has 0 radical (unpaired) electrons. The van der Waals surface area contributed by atoms with Gasteiger partial charge < -0.3 is 8.98 Å². The van der Waals surface area contributed by atoms with Crippen molar-refractivity contribution in [3.8, 4) is 39.4 Å². The second-order valence-electron chi connectivity index (χ2n) is 11.2. The van der Waals surface area contributed by atoms with Gasteiger partial charge in [-0.05, 0) is 76.0 Å². The molecule has 0 saturated carbocycles. The number of nitrogens with zero attached hydrogens (tertiary/aromatic N) is 2. The van der Waals surface area contributed by atoms with Crippen LogP contribution in [-0.2, 0) is 0 Å². The van der Waals surface area contributed by atoms with Gasteiger partial charge in [0.2, 0.25) is 5.89 Å². The zero-order chi connectivity index (χ0) is 29.0. The SMILES string of the molecule is c1ccc2cc(-c3cccc4oc(-c5ccc(-c6ccc(-n7c8ccccc8c8ccccc87)cc6)cc5)nc34)ccc2c1. The lowest BCUT2D eigenvalue weighted by molar-refractivity contribution is 0.620. The summed E-state index contributed by atoms with van der Waals surface area (Å²) in [5.74, 6) is 0.626. The zero-order valence-electron chi connectivity index (χ0n) is 23.8. The van der Waals surface area contributed by atoms with Gasteiger partial charge in [0.05, 0.1) is 11.0 Å². The Labute approximate surface area is 254 Å². The van der Waals surface area contributed by atoms with Crippen molar-refractivity contribution in [3.05, 3.63) is 158 Å². The quantitative estimate of drug-likeness (QED) is 0.214. The van der Waals surface area contributed by atoms with Gasteiger partial charge in [-0.1, -0.05) is 109 Å². The first-order valence-corrected chi connectivity index (χ1v) is 14.9. The standard InChI is InChI=1S/C41H26N2O/c1-2-9-31-26-32(21-18-27(31)8-1)34-12-7-15-39-40(34)42-41(44-39)30-19-16-28(17-20-30)29-22-24-33(25-23-29)43-37-13-5-3-10-35(37)36-11-4-6-14-38(36)43/h1-26H. The first kappa shape index (κ1) is 24.6. The van der Waals surface area contributed by atoms with Crippen LogP contribution < -0.4 is 0 Å². The molecule has 0 aliphatic rings. The molecular weight excluding hydrogens is 536 g/mol. The molecule has 0 aliphatic heterocycles. The van der Waals surface area contributed by atoms with Crippen molar-refractivity contribution < 1.29 is 4.42 Å². The molecular formula is C41H26N2O. The van der Waals surface area contributed by atoms with Crippen LogP contribution in [0.2, 0.25) is 0 Å². The van der Waals surface area contributed by atoms with Gasteiger partial charge in [0.25, 0.3) is 0 Å². The van der Waals surface area contributed by atoms with Crippen molar-refractivity contribution in [1.82, 2.24) is 9.55 Å². The van der Waals surface area contributed by atoms with Gasteiger partial charge in [0.15, 0.2) is 5.58 Å². The Bertz CT molecular complexity index is 2430. The molecule has 0 unspecified atom stereocenters. The van der Waals surface area contributed by atoms with Crippen LogP contribution in [0.15, 0.2) is 162 Å². The fourth-order valence-corrected chi connectivity index (χ4v) is 6.47. The van der Waals surface area contributed by atoms with Gasteiger partial charge in [-0.25, -0.2) is 4.98 Å². The van der Waals surface area contributed by atoms with E-state index in [4.69, 9.17) is 9.40 Å². The predicted molar refractivity (Wildman–Crippen MR) is 182 cm³/mol. The number of fused-ring (bicyclic) bond motifs is 5. The van der Waals surface area contributed by atoms with Gasteiger partial charge in [0.1, 0.15) is 5.52 Å². The maximum atomic E-state index is 6.26. The van der Waals surface area contributed by atoms with Crippen molar-refractivity contribution in [3.63, 3.8) is 0 Å². The minimum atomic E-state index is 0.626. The normalized spacial score (nSPS) is 11.6. The first-order valence-electron chi connectivity index (χ1n) is 14.9. The van der Waals surface area contributed by atoms with Crippen LogP contribution in [-0.4, -0.2) is 9.55 Å². The Morgan fingerprint density at radius 3 is 1.77 bits per heavy atom. The molecule has 9 aromatic rings. The Kier molecular flexibility index (Phi) is 5.50. The average molecular weight is 563 g/mol. The largest absolute Gasteiger partial charge is 0.436 e. The fourth-order valence-electron chi connectivity index (χ4n) is 6.47. The highest BCUT2D eigenvalue weighted by molar-refractivity contribution is 6.09. The van der Waals surface area contributed by atoms with E-state index in [1.165, 1.54) is 32.6 Å². The van der Waals surface area contributed by atoms with E-state index >= 15 is 0 Å². The lowest BCUT2D eigenvalue weighted by Gasteiger charge is -2.09. The summed E-state index contributed by atoms with van der Waals surface area (Å²) in [5.41, 5.74) is 10.7. The van der Waals surface area contributed by atoms with Gasteiger partial charge in [-0.2, -0.15) is 0 Å². The van der Waals surface area contributed by atoms with E-state index in [0.29, 0.717) is 5.89 Å². The first-order chi connectivity index (χ1) is 21.8. The van der Waals surface area contributed by atoms with Crippen LogP contribution in [0.3, 0.4) is 0 Å². The Balaban J connectivity index is 1.04. The highest BCUT2D eigenvalue weighted by Gasteiger charge is 2.14. The van der Waals surface area contributed by atoms with E-state index in [-0.39, 0.29) is 0 Å². The highest BCUT2D eigenvalue weighted by Crippen LogP contribution is 2.35. The molecule has 2 heterocycles. The molecule has 0 amide bonds. The van der Waals surface area contributed by atoms with Gasteiger partial charge in [0, 0.05) is 27.6 Å². The molecule has 7 aromatic carbocycles. The minimum Gasteiger partial charge on any atom is -0.436 e. The Morgan fingerprint density at radius 2 is 1.05 bits per heavy atom. The predicted octanol–water partition coefficient (Wildman–Crippen LogP) is 11.1. The highest BCUT2D eigenvalue weighted by atomic mass is 16.3. The van der Waals surface area contributed by atoms with E-state index < -0.39 is 0 Å². The molecule has 0 aliphatic carbocycles. The Morgan fingerprint density at radius 1 is 0.455 bits per heavy atom. The molecule has 3 nitrogen and oxygen atoms in total. The second kappa shape index (κ2) is 9.82. The average Bonchev–Trinajstić information content (AvgIpc) is 3.68. The van der Waals surface area contributed by atoms with E-state index in [1.807, 2.05) is 12.1 Å². The molecule has 0 atom stereocenters. The van der Waals surface area contributed by atoms with Crippen LogP contribution in [0.4, 0.5) is 0 Å². The van der Waals surface area contributed by atoms with E-state index in [1.54, 1.807) is 0 Å². The molecule has 3 heteroatoms. The Hall–Kier alpha value is -5.93. The molecule has 206 valence electrons. The number of para-hydroxylation sites is 3. The van der Waals surface area contributed by atoms with Crippen molar-refractivity contribution in [2.45, 2.75) is 0 Å². The summed E-state index contributed by atoms with van der Waals surface area (Å²) < 4.78 is 8.61. The number of aromatic nitrogens is 2. The summed E-state index contributed by atoms with van der Waals surface area (Å²) in [5, 5.41) is 4.98. The molecule has 0 bridgehead atoms. The molecule has 2 aromatic heterocycles. The summed E-state index contributed by atoms with van der Waals surface area (Å²) in [7, 11) is 0. The van der Waals surface area contributed by atoms with Crippen LogP contribution in [0, 0.1) is 0 Å². The van der Waals surface area contributed by atoms with E-state index in [2.05, 4.69) is 150 Å². The lowest BCUT2D eigenvalue weighted by atomic mass is 10.0. The van der Waals surface area contributed by atoms with Gasteiger partial charge >= 0.3 is 0 Å². The van der Waals surface area contributed by atoms with Gasteiger partial charge in [-0.15, -0.1) is 0 Å². The number of rotatable bonds is 4. The van der Waals surface area contributed by atoms with Crippen LogP contribution in [0.5, 0.6) is 0 Å². The topological polar surface area (TPSA) is 31.0 Å². The molecule has 44 heavy (non-hydrogen) atoms. The summed E-state index contributed by atoms with van der Waals surface area (Å²) in [6.07, 6.45) is 0. The van der Waals surface area contributed by atoms with Crippen LogP contribution >= 0.6 is 0 Å². The minimum absolute atomic E-state index is 0.626. The third-order valence-corrected chi connectivity index (χ3v) is 8.65. The summed E-state index contributed by atoms with van der Waals surface area (Å²) in [4.78, 5) is 4.96. The number of hydrogen-bond acceptors (Lipinski definition) is 2. The van der Waals surface area contributed by atoms with Crippen molar-refractivity contribution >= 4 is 43.7 Å². The van der Waals surface area contributed by atoms with E-state index in [0.717, 1.165) is 44.6 Å². The van der Waals surface area contributed by atoms with Crippen molar-refractivity contribution in [1.29, 1.82) is 0 Å². The molecule has 0 fully saturated rings. The van der Waals surface area contributed by atoms with Crippen molar-refractivity contribution in [2.75, 3.05) is 0 Å². The summed E-state index contributed by atoms with van der Waals surface area (Å²) in [6.45, 7) is 0.